The fourth-order valence-electron chi connectivity index (χ4n) is 2.89. The van der Waals surface area contributed by atoms with Crippen molar-refractivity contribution in [2.75, 3.05) is 7.05 Å². The summed E-state index contributed by atoms with van der Waals surface area (Å²) in [5, 5.41) is 5.03. The zero-order valence-electron chi connectivity index (χ0n) is 16.6. The molecule has 0 aliphatic heterocycles. The number of carbonyl (C=O) groups is 1. The Labute approximate surface area is 170 Å². The first-order valence-corrected chi connectivity index (χ1v) is 9.48. The molecule has 5 nitrogen and oxygen atoms in total. The Balaban J connectivity index is 1.70. The normalized spacial score (nSPS) is 11.3. The summed E-state index contributed by atoms with van der Waals surface area (Å²) < 4.78 is 7.27. The molecule has 0 saturated carbocycles. The molecule has 6 heteroatoms. The van der Waals surface area contributed by atoms with Crippen molar-refractivity contribution < 1.29 is 9.21 Å². The molecule has 0 spiro atoms. The molecule has 0 saturated heterocycles. The third-order valence-electron chi connectivity index (χ3n) is 4.52. The van der Waals surface area contributed by atoms with Crippen LogP contribution in [0.25, 0.3) is 6.08 Å². The lowest BCUT2D eigenvalue weighted by atomic mass is 10.1. The Morgan fingerprint density at radius 1 is 1.18 bits per heavy atom. The van der Waals surface area contributed by atoms with Gasteiger partial charge >= 0.3 is 0 Å². The molecule has 3 aromatic rings. The van der Waals surface area contributed by atoms with E-state index in [1.807, 2.05) is 26.0 Å². The minimum absolute atomic E-state index is 0.129. The smallest absolute Gasteiger partial charge is 0.246 e. The monoisotopic (exact) mass is 397 g/mol. The second-order valence-corrected chi connectivity index (χ2v) is 7.33. The maximum Gasteiger partial charge on any atom is 0.246 e. The predicted molar refractivity (Wildman–Crippen MR) is 111 cm³/mol. The molecule has 2 aromatic heterocycles. The lowest BCUT2D eigenvalue weighted by Gasteiger charge is -2.13. The summed E-state index contributed by atoms with van der Waals surface area (Å²) in [6, 6.07) is 12.0. The number of hydrogen-bond acceptors (Lipinski definition) is 3. The predicted octanol–water partition coefficient (Wildman–Crippen LogP) is 4.77. The third kappa shape index (κ3) is 4.73. The Morgan fingerprint density at radius 3 is 2.54 bits per heavy atom. The maximum atomic E-state index is 12.4. The van der Waals surface area contributed by atoms with Crippen molar-refractivity contribution in [3.8, 4) is 0 Å². The number of furan rings is 1. The minimum atomic E-state index is -0.129. The molecule has 3 rings (SSSR count). The largest absolute Gasteiger partial charge is 0.464 e. The number of carbonyl (C=O) groups excluding carboxylic acids is 1. The van der Waals surface area contributed by atoms with Gasteiger partial charge in [0, 0.05) is 18.7 Å². The molecule has 0 N–H and O–H groups in total. The van der Waals surface area contributed by atoms with E-state index in [4.69, 9.17) is 16.0 Å². The van der Waals surface area contributed by atoms with Crippen molar-refractivity contribution in [2.45, 2.75) is 33.9 Å². The summed E-state index contributed by atoms with van der Waals surface area (Å²) in [6.45, 7) is 6.82. The molecule has 0 aliphatic rings. The highest BCUT2D eigenvalue weighted by molar-refractivity contribution is 6.31. The van der Waals surface area contributed by atoms with Crippen LogP contribution in [0.5, 0.6) is 0 Å². The molecule has 2 heterocycles. The fourth-order valence-corrected chi connectivity index (χ4v) is 3.19. The molecular formula is C22H24ClN3O2. The number of hydrogen-bond donors (Lipinski definition) is 0. The van der Waals surface area contributed by atoms with E-state index in [2.05, 4.69) is 36.3 Å². The average molecular weight is 398 g/mol. The Bertz CT molecular complexity index is 999. The molecular weight excluding hydrogens is 374 g/mol. The van der Waals surface area contributed by atoms with E-state index >= 15 is 0 Å². The summed E-state index contributed by atoms with van der Waals surface area (Å²) in [5.74, 6) is 1.45. The highest BCUT2D eigenvalue weighted by Crippen LogP contribution is 2.22. The van der Waals surface area contributed by atoms with Gasteiger partial charge in [-0.2, -0.15) is 5.10 Å². The van der Waals surface area contributed by atoms with E-state index in [0.29, 0.717) is 18.2 Å². The van der Waals surface area contributed by atoms with Crippen LogP contribution in [0.15, 0.2) is 46.9 Å². The average Bonchev–Trinajstić information content (AvgIpc) is 3.18. The van der Waals surface area contributed by atoms with Gasteiger partial charge in [-0.25, -0.2) is 4.68 Å². The highest BCUT2D eigenvalue weighted by atomic mass is 35.5. The van der Waals surface area contributed by atoms with Crippen LogP contribution in [-0.2, 0) is 17.9 Å². The topological polar surface area (TPSA) is 51.3 Å². The van der Waals surface area contributed by atoms with Crippen molar-refractivity contribution in [2.24, 2.45) is 0 Å². The fraction of sp³-hybridized carbons (Fsp3) is 0.273. The Morgan fingerprint density at radius 2 is 1.89 bits per heavy atom. The SMILES string of the molecule is Cc1ccc(Cn2nc(C)c(/C=C/C(=O)N(C)Cc3ccc(C)o3)c2Cl)cc1. The number of likely N-dealkylation sites (N-methyl/N-ethyl adjacent to an activating group) is 1. The van der Waals surface area contributed by atoms with Gasteiger partial charge in [0.1, 0.15) is 16.7 Å². The molecule has 0 atom stereocenters. The summed E-state index contributed by atoms with van der Waals surface area (Å²) >= 11 is 6.52. The molecule has 0 aliphatic carbocycles. The van der Waals surface area contributed by atoms with E-state index in [1.54, 1.807) is 22.7 Å². The molecule has 146 valence electrons. The summed E-state index contributed by atoms with van der Waals surface area (Å²) in [4.78, 5) is 14.0. The van der Waals surface area contributed by atoms with Crippen LogP contribution in [0.2, 0.25) is 5.15 Å². The van der Waals surface area contributed by atoms with E-state index in [9.17, 15) is 4.79 Å². The van der Waals surface area contributed by atoms with Gasteiger partial charge in [0.15, 0.2) is 0 Å². The standard InChI is InChI=1S/C22H24ClN3O2/c1-15-5-8-18(9-6-15)13-26-22(23)20(17(3)24-26)11-12-21(27)25(4)14-19-10-7-16(2)28-19/h5-12H,13-14H2,1-4H3/b12-11+. The van der Waals surface area contributed by atoms with Crippen molar-refractivity contribution in [1.29, 1.82) is 0 Å². The van der Waals surface area contributed by atoms with Gasteiger partial charge in [-0.3, -0.25) is 4.79 Å². The van der Waals surface area contributed by atoms with Gasteiger partial charge in [-0.15, -0.1) is 0 Å². The Hall–Kier alpha value is -2.79. The number of halogens is 1. The molecule has 0 radical (unpaired) electrons. The molecule has 0 fully saturated rings. The van der Waals surface area contributed by atoms with Crippen LogP contribution in [0.4, 0.5) is 0 Å². The van der Waals surface area contributed by atoms with Crippen LogP contribution in [-0.4, -0.2) is 27.6 Å². The molecule has 1 amide bonds. The maximum absolute atomic E-state index is 12.4. The minimum Gasteiger partial charge on any atom is -0.464 e. The van der Waals surface area contributed by atoms with Crippen LogP contribution >= 0.6 is 11.6 Å². The highest BCUT2D eigenvalue weighted by Gasteiger charge is 2.13. The number of benzene rings is 1. The van der Waals surface area contributed by atoms with Gasteiger partial charge in [0.05, 0.1) is 18.8 Å². The van der Waals surface area contributed by atoms with Crippen LogP contribution < -0.4 is 0 Å². The first-order valence-electron chi connectivity index (χ1n) is 9.10. The number of aryl methyl sites for hydroxylation is 3. The van der Waals surface area contributed by atoms with Crippen molar-refractivity contribution >= 4 is 23.6 Å². The second-order valence-electron chi connectivity index (χ2n) is 6.97. The zero-order chi connectivity index (χ0) is 20.3. The summed E-state index contributed by atoms with van der Waals surface area (Å²) in [5.41, 5.74) is 3.87. The summed E-state index contributed by atoms with van der Waals surface area (Å²) in [6.07, 6.45) is 3.24. The lowest BCUT2D eigenvalue weighted by molar-refractivity contribution is -0.125. The lowest BCUT2D eigenvalue weighted by Crippen LogP contribution is -2.23. The number of aromatic nitrogens is 2. The van der Waals surface area contributed by atoms with Gasteiger partial charge in [0.2, 0.25) is 5.91 Å². The van der Waals surface area contributed by atoms with Gasteiger partial charge in [-0.1, -0.05) is 41.4 Å². The van der Waals surface area contributed by atoms with E-state index in [-0.39, 0.29) is 5.91 Å². The van der Waals surface area contributed by atoms with Crippen LogP contribution in [0, 0.1) is 20.8 Å². The van der Waals surface area contributed by atoms with Crippen LogP contribution in [0.1, 0.15) is 33.9 Å². The van der Waals surface area contributed by atoms with Crippen LogP contribution in [0.3, 0.4) is 0 Å². The molecule has 0 bridgehead atoms. The zero-order valence-corrected chi connectivity index (χ0v) is 17.3. The van der Waals surface area contributed by atoms with Crippen molar-refractivity contribution in [3.05, 3.63) is 81.5 Å². The summed E-state index contributed by atoms with van der Waals surface area (Å²) in [7, 11) is 1.74. The molecule has 28 heavy (non-hydrogen) atoms. The number of nitrogens with zero attached hydrogens (tertiary/aromatic N) is 3. The second kappa shape index (κ2) is 8.48. The van der Waals surface area contributed by atoms with Crippen molar-refractivity contribution in [3.63, 3.8) is 0 Å². The number of amides is 1. The molecule has 1 aromatic carbocycles. The Kier molecular flexibility index (Phi) is 6.05. The van der Waals surface area contributed by atoms with Gasteiger partial charge in [-0.05, 0) is 44.5 Å². The molecule has 0 unspecified atom stereocenters. The van der Waals surface area contributed by atoms with Gasteiger partial charge in [0.25, 0.3) is 0 Å². The van der Waals surface area contributed by atoms with Gasteiger partial charge < -0.3 is 9.32 Å². The first kappa shape index (κ1) is 20.0. The number of rotatable bonds is 6. The first-order chi connectivity index (χ1) is 13.3. The van der Waals surface area contributed by atoms with E-state index in [1.165, 1.54) is 11.6 Å². The quantitative estimate of drug-likeness (QED) is 0.562. The van der Waals surface area contributed by atoms with E-state index in [0.717, 1.165) is 28.3 Å². The third-order valence-corrected chi connectivity index (χ3v) is 4.92. The van der Waals surface area contributed by atoms with Crippen molar-refractivity contribution in [1.82, 2.24) is 14.7 Å². The van der Waals surface area contributed by atoms with E-state index < -0.39 is 0 Å².